The molecule has 4 nitrogen and oxygen atoms in total. The highest BCUT2D eigenvalue weighted by Gasteiger charge is 2.11. The fraction of sp³-hybridized carbons (Fsp3) is 0.438. The summed E-state index contributed by atoms with van der Waals surface area (Å²) >= 11 is 0. The second kappa shape index (κ2) is 7.10. The van der Waals surface area contributed by atoms with Crippen molar-refractivity contribution in [3.8, 4) is 5.75 Å². The van der Waals surface area contributed by atoms with Crippen LogP contribution in [-0.4, -0.2) is 31.7 Å². The molecule has 0 radical (unpaired) electrons. The van der Waals surface area contributed by atoms with Crippen LogP contribution in [0.5, 0.6) is 5.75 Å². The molecule has 0 aliphatic rings. The molecule has 4 heteroatoms. The van der Waals surface area contributed by atoms with Gasteiger partial charge in [-0.25, -0.2) is 4.98 Å². The number of hydrogen-bond acceptors (Lipinski definition) is 4. The Labute approximate surface area is 120 Å². The number of ether oxygens (including phenoxy) is 1. The summed E-state index contributed by atoms with van der Waals surface area (Å²) < 4.78 is 5.33. The molecule has 2 rings (SSSR count). The predicted octanol–water partition coefficient (Wildman–Crippen LogP) is 2.81. The van der Waals surface area contributed by atoms with E-state index in [1.54, 1.807) is 7.11 Å². The van der Waals surface area contributed by atoms with Gasteiger partial charge in [-0.1, -0.05) is 19.4 Å². The minimum Gasteiger partial charge on any atom is -0.497 e. The first-order chi connectivity index (χ1) is 9.80. The first-order valence-corrected chi connectivity index (χ1v) is 7.18. The van der Waals surface area contributed by atoms with Gasteiger partial charge < -0.3 is 15.4 Å². The number of benzene rings is 1. The zero-order chi connectivity index (χ0) is 14.4. The lowest BCUT2D eigenvalue weighted by Crippen LogP contribution is -2.31. The van der Waals surface area contributed by atoms with E-state index in [1.807, 2.05) is 24.4 Å². The molecular formula is C16H23N3O. The van der Waals surface area contributed by atoms with Gasteiger partial charge in [0.15, 0.2) is 0 Å². The van der Waals surface area contributed by atoms with E-state index in [-0.39, 0.29) is 0 Å². The maximum absolute atomic E-state index is 5.74. The monoisotopic (exact) mass is 273 g/mol. The van der Waals surface area contributed by atoms with Gasteiger partial charge in [0.25, 0.3) is 0 Å². The second-order valence-electron chi connectivity index (χ2n) is 4.85. The Morgan fingerprint density at radius 1 is 1.25 bits per heavy atom. The third-order valence-corrected chi connectivity index (χ3v) is 3.43. The van der Waals surface area contributed by atoms with Gasteiger partial charge in [-0.05, 0) is 30.0 Å². The Balaban J connectivity index is 2.43. The summed E-state index contributed by atoms with van der Waals surface area (Å²) in [4.78, 5) is 6.84. The maximum Gasteiger partial charge on any atom is 0.136 e. The average molecular weight is 273 g/mol. The number of fused-ring (bicyclic) bond motifs is 1. The van der Waals surface area contributed by atoms with Gasteiger partial charge in [0.2, 0.25) is 0 Å². The summed E-state index contributed by atoms with van der Waals surface area (Å²) in [5.41, 5.74) is 5.74. The van der Waals surface area contributed by atoms with Crippen LogP contribution in [0.15, 0.2) is 30.5 Å². The molecule has 1 aromatic carbocycles. The van der Waals surface area contributed by atoms with E-state index in [0.29, 0.717) is 6.54 Å². The number of unbranched alkanes of at least 4 members (excludes halogenated alkanes) is 1. The molecule has 108 valence electrons. The van der Waals surface area contributed by atoms with E-state index in [9.17, 15) is 0 Å². The molecule has 20 heavy (non-hydrogen) atoms. The van der Waals surface area contributed by atoms with E-state index in [0.717, 1.165) is 42.9 Å². The fourth-order valence-corrected chi connectivity index (χ4v) is 2.34. The largest absolute Gasteiger partial charge is 0.497 e. The van der Waals surface area contributed by atoms with E-state index < -0.39 is 0 Å². The Hall–Kier alpha value is -1.81. The van der Waals surface area contributed by atoms with Gasteiger partial charge in [-0.3, -0.25) is 0 Å². The highest BCUT2D eigenvalue weighted by atomic mass is 16.5. The zero-order valence-corrected chi connectivity index (χ0v) is 12.3. The summed E-state index contributed by atoms with van der Waals surface area (Å²) in [7, 11) is 1.69. The van der Waals surface area contributed by atoms with Crippen LogP contribution in [0.4, 0.5) is 5.82 Å². The molecule has 0 saturated carbocycles. The Bertz CT molecular complexity index is 556. The number of methoxy groups -OCH3 is 1. The van der Waals surface area contributed by atoms with E-state index in [2.05, 4.69) is 22.9 Å². The molecule has 0 atom stereocenters. The van der Waals surface area contributed by atoms with Crippen molar-refractivity contribution in [3.63, 3.8) is 0 Å². The van der Waals surface area contributed by atoms with Gasteiger partial charge in [0, 0.05) is 31.2 Å². The summed E-state index contributed by atoms with van der Waals surface area (Å²) in [6.45, 7) is 4.63. The maximum atomic E-state index is 5.74. The van der Waals surface area contributed by atoms with Crippen molar-refractivity contribution >= 4 is 16.6 Å². The SMILES string of the molecule is CCCCN(CCN)c1nccc2ccc(OC)cc12. The molecule has 0 aliphatic heterocycles. The van der Waals surface area contributed by atoms with Crippen molar-refractivity contribution in [2.75, 3.05) is 31.6 Å². The van der Waals surface area contributed by atoms with Gasteiger partial charge >= 0.3 is 0 Å². The van der Waals surface area contributed by atoms with Crippen LogP contribution >= 0.6 is 0 Å². The molecular weight excluding hydrogens is 250 g/mol. The van der Waals surface area contributed by atoms with Gasteiger partial charge in [-0.2, -0.15) is 0 Å². The van der Waals surface area contributed by atoms with Crippen LogP contribution in [0.1, 0.15) is 19.8 Å². The first-order valence-electron chi connectivity index (χ1n) is 7.18. The highest BCUT2D eigenvalue weighted by Crippen LogP contribution is 2.28. The smallest absolute Gasteiger partial charge is 0.136 e. The summed E-state index contributed by atoms with van der Waals surface area (Å²) in [6, 6.07) is 8.12. The van der Waals surface area contributed by atoms with Crippen molar-refractivity contribution in [2.24, 2.45) is 5.73 Å². The average Bonchev–Trinajstić information content (AvgIpc) is 2.50. The molecule has 2 aromatic rings. The molecule has 0 aliphatic carbocycles. The molecule has 0 amide bonds. The van der Waals surface area contributed by atoms with Gasteiger partial charge in [-0.15, -0.1) is 0 Å². The molecule has 0 saturated heterocycles. The number of nitrogens with two attached hydrogens (primary N) is 1. The number of hydrogen-bond donors (Lipinski definition) is 1. The number of aromatic nitrogens is 1. The highest BCUT2D eigenvalue weighted by molar-refractivity contribution is 5.93. The van der Waals surface area contributed by atoms with Crippen molar-refractivity contribution in [1.82, 2.24) is 4.98 Å². The summed E-state index contributed by atoms with van der Waals surface area (Å²) in [5, 5.41) is 2.30. The molecule has 2 N–H and O–H groups in total. The minimum atomic E-state index is 0.631. The van der Waals surface area contributed by atoms with Gasteiger partial charge in [0.1, 0.15) is 11.6 Å². The summed E-state index contributed by atoms with van der Waals surface area (Å²) in [6.07, 6.45) is 4.16. The molecule has 0 fully saturated rings. The Kier molecular flexibility index (Phi) is 5.18. The lowest BCUT2D eigenvalue weighted by atomic mass is 10.1. The Morgan fingerprint density at radius 3 is 2.80 bits per heavy atom. The number of nitrogens with zero attached hydrogens (tertiary/aromatic N) is 2. The standard InChI is InChI=1S/C16H23N3O/c1-3-4-10-19(11-8-17)16-15-12-14(20-2)6-5-13(15)7-9-18-16/h5-7,9,12H,3-4,8,10-11,17H2,1-2H3. The molecule has 0 spiro atoms. The normalized spacial score (nSPS) is 10.8. The first kappa shape index (κ1) is 14.6. The predicted molar refractivity (Wildman–Crippen MR) is 84.5 cm³/mol. The van der Waals surface area contributed by atoms with Crippen LogP contribution in [0.2, 0.25) is 0 Å². The molecule has 0 unspecified atom stereocenters. The Morgan fingerprint density at radius 2 is 2.10 bits per heavy atom. The molecule has 0 bridgehead atoms. The topological polar surface area (TPSA) is 51.4 Å². The lowest BCUT2D eigenvalue weighted by Gasteiger charge is -2.24. The van der Waals surface area contributed by atoms with Crippen molar-refractivity contribution in [2.45, 2.75) is 19.8 Å². The minimum absolute atomic E-state index is 0.631. The number of pyridine rings is 1. The van der Waals surface area contributed by atoms with Crippen LogP contribution in [0, 0.1) is 0 Å². The number of rotatable bonds is 7. The zero-order valence-electron chi connectivity index (χ0n) is 12.3. The lowest BCUT2D eigenvalue weighted by molar-refractivity contribution is 0.415. The van der Waals surface area contributed by atoms with Crippen LogP contribution in [-0.2, 0) is 0 Å². The van der Waals surface area contributed by atoms with E-state index in [1.165, 1.54) is 5.39 Å². The molecule has 1 aromatic heterocycles. The van der Waals surface area contributed by atoms with Crippen molar-refractivity contribution in [1.29, 1.82) is 0 Å². The van der Waals surface area contributed by atoms with E-state index >= 15 is 0 Å². The second-order valence-corrected chi connectivity index (χ2v) is 4.85. The van der Waals surface area contributed by atoms with Crippen LogP contribution in [0.3, 0.4) is 0 Å². The van der Waals surface area contributed by atoms with Gasteiger partial charge in [0.05, 0.1) is 7.11 Å². The van der Waals surface area contributed by atoms with Crippen LogP contribution < -0.4 is 15.4 Å². The van der Waals surface area contributed by atoms with Crippen LogP contribution in [0.25, 0.3) is 10.8 Å². The molecule has 1 heterocycles. The summed E-state index contributed by atoms with van der Waals surface area (Å²) in [5.74, 6) is 1.86. The fourth-order valence-electron chi connectivity index (χ4n) is 2.34. The third-order valence-electron chi connectivity index (χ3n) is 3.43. The number of anilines is 1. The third kappa shape index (κ3) is 3.20. The van der Waals surface area contributed by atoms with E-state index in [4.69, 9.17) is 10.5 Å². The van der Waals surface area contributed by atoms with Crippen molar-refractivity contribution in [3.05, 3.63) is 30.5 Å². The quantitative estimate of drug-likeness (QED) is 0.843. The van der Waals surface area contributed by atoms with Crippen molar-refractivity contribution < 1.29 is 4.74 Å².